The zero-order valence-electron chi connectivity index (χ0n) is 12.5. The van der Waals surface area contributed by atoms with Crippen molar-refractivity contribution >= 4 is 8.80 Å². The topological polar surface area (TPSA) is 27.7 Å². The average Bonchev–Trinajstić information content (AvgIpc) is 2.37. The molecule has 0 heterocycles. The van der Waals surface area contributed by atoms with Gasteiger partial charge in [0.15, 0.2) is 0 Å². The third-order valence-corrected chi connectivity index (χ3v) is 5.05. The minimum absolute atomic E-state index is 0.637. The van der Waals surface area contributed by atoms with Gasteiger partial charge in [-0.2, -0.15) is 0 Å². The fourth-order valence-corrected chi connectivity index (χ4v) is 3.77. The molecule has 0 saturated heterocycles. The smallest absolute Gasteiger partial charge is 0.371 e. The van der Waals surface area contributed by atoms with Gasteiger partial charge in [-0.05, 0) is 31.9 Å². The highest BCUT2D eigenvalue weighted by Crippen LogP contribution is 2.14. The lowest BCUT2D eigenvalue weighted by Crippen LogP contribution is -2.45. The van der Waals surface area contributed by atoms with E-state index in [-0.39, 0.29) is 0 Å². The first kappa shape index (κ1) is 17.8. The normalized spacial score (nSPS) is 12.4. The first-order chi connectivity index (χ1) is 8.74. The van der Waals surface area contributed by atoms with Crippen molar-refractivity contribution in [1.82, 2.24) is 0 Å². The Labute approximate surface area is 114 Å². The van der Waals surface area contributed by atoms with E-state index in [4.69, 9.17) is 13.3 Å². The van der Waals surface area contributed by atoms with Crippen LogP contribution < -0.4 is 0 Å². The maximum Gasteiger partial charge on any atom is 0.529 e. The van der Waals surface area contributed by atoms with Crippen LogP contribution in [0.2, 0.25) is 0 Å². The molecule has 0 aromatic carbocycles. The summed E-state index contributed by atoms with van der Waals surface area (Å²) in [4.78, 5) is 0. The predicted octanol–water partition coefficient (Wildman–Crippen LogP) is 4.10. The monoisotopic (exact) mass is 274 g/mol. The molecule has 0 spiro atoms. The number of hydrogen-bond acceptors (Lipinski definition) is 3. The highest BCUT2D eigenvalue weighted by molar-refractivity contribution is 6.66. The number of unbranched alkanes of at least 4 members (excludes halogenated alkanes) is 2. The molecule has 0 aliphatic heterocycles. The first-order valence-electron chi connectivity index (χ1n) is 7.34. The lowest BCUT2D eigenvalue weighted by Gasteiger charge is -2.26. The molecule has 0 N–H and O–H groups in total. The fourth-order valence-electron chi connectivity index (χ4n) is 1.45. The Kier molecular flexibility index (Phi) is 11.8. The van der Waals surface area contributed by atoms with E-state index in [9.17, 15) is 0 Å². The quantitative estimate of drug-likeness (QED) is 0.396. The summed E-state index contributed by atoms with van der Waals surface area (Å²) in [6.07, 6.45) is 7.44. The molecule has 0 aromatic rings. The lowest BCUT2D eigenvalue weighted by atomic mass is 10.4. The standard InChI is InChI=1S/C14H30O3Si/c1-5-9-12-16-18(15-8-4,14-11-7-3)17-13-10-6-2/h11,14H,5-10,12-13H2,1-4H3. The molecule has 0 atom stereocenters. The molecule has 0 aromatic heterocycles. The maximum absolute atomic E-state index is 5.97. The Hall–Kier alpha value is -0.163. The molecule has 0 unspecified atom stereocenters. The van der Waals surface area contributed by atoms with E-state index in [1.54, 1.807) is 0 Å². The summed E-state index contributed by atoms with van der Waals surface area (Å²) < 4.78 is 17.8. The van der Waals surface area contributed by atoms with Crippen molar-refractivity contribution in [1.29, 1.82) is 0 Å². The van der Waals surface area contributed by atoms with Gasteiger partial charge in [0, 0.05) is 19.8 Å². The van der Waals surface area contributed by atoms with Crippen molar-refractivity contribution in [2.24, 2.45) is 0 Å². The predicted molar refractivity (Wildman–Crippen MR) is 78.5 cm³/mol. The summed E-state index contributed by atoms with van der Waals surface area (Å²) in [6.45, 7) is 10.5. The van der Waals surface area contributed by atoms with Crippen molar-refractivity contribution in [2.45, 2.75) is 59.8 Å². The molecule has 3 nitrogen and oxygen atoms in total. The van der Waals surface area contributed by atoms with Crippen LogP contribution >= 0.6 is 0 Å². The number of hydrogen-bond donors (Lipinski definition) is 0. The van der Waals surface area contributed by atoms with Crippen LogP contribution in [0.15, 0.2) is 11.8 Å². The Bertz CT molecular complexity index is 197. The summed E-state index contributed by atoms with van der Waals surface area (Å²) in [5.74, 6) is 0. The van der Waals surface area contributed by atoms with E-state index < -0.39 is 8.80 Å². The SMILES string of the molecule is CCC=C[Si](OCC)(OCCCC)OCCCC. The molecule has 0 aliphatic carbocycles. The Morgan fingerprint density at radius 3 is 1.78 bits per heavy atom. The summed E-state index contributed by atoms with van der Waals surface area (Å²) in [5.41, 5.74) is 2.04. The van der Waals surface area contributed by atoms with Gasteiger partial charge in [0.2, 0.25) is 0 Å². The molecule has 0 saturated carbocycles. The summed E-state index contributed by atoms with van der Waals surface area (Å²) in [7, 11) is -2.57. The van der Waals surface area contributed by atoms with E-state index in [0.717, 1.165) is 45.3 Å². The first-order valence-corrected chi connectivity index (χ1v) is 9.14. The van der Waals surface area contributed by atoms with Crippen LogP contribution in [-0.4, -0.2) is 28.6 Å². The molecule has 4 heteroatoms. The van der Waals surface area contributed by atoms with E-state index >= 15 is 0 Å². The highest BCUT2D eigenvalue weighted by Gasteiger charge is 2.37. The van der Waals surface area contributed by atoms with Gasteiger partial charge in [-0.15, -0.1) is 0 Å². The zero-order chi connectivity index (χ0) is 13.7. The summed E-state index contributed by atoms with van der Waals surface area (Å²) >= 11 is 0. The van der Waals surface area contributed by atoms with Crippen LogP contribution in [0.4, 0.5) is 0 Å². The molecule has 18 heavy (non-hydrogen) atoms. The van der Waals surface area contributed by atoms with Gasteiger partial charge in [0.05, 0.1) is 0 Å². The van der Waals surface area contributed by atoms with E-state index in [0.29, 0.717) is 6.61 Å². The summed E-state index contributed by atoms with van der Waals surface area (Å²) in [5, 5.41) is 0. The molecule has 0 amide bonds. The van der Waals surface area contributed by atoms with Crippen molar-refractivity contribution in [3.63, 3.8) is 0 Å². The Morgan fingerprint density at radius 1 is 0.833 bits per heavy atom. The fraction of sp³-hybridized carbons (Fsp3) is 0.857. The number of allylic oxidation sites excluding steroid dienone is 1. The van der Waals surface area contributed by atoms with Crippen LogP contribution in [0.1, 0.15) is 59.8 Å². The molecule has 0 rings (SSSR count). The zero-order valence-corrected chi connectivity index (χ0v) is 13.5. The lowest BCUT2D eigenvalue weighted by molar-refractivity contribution is 0.0734. The van der Waals surface area contributed by atoms with Gasteiger partial charge in [-0.3, -0.25) is 0 Å². The van der Waals surface area contributed by atoms with Crippen LogP contribution in [0, 0.1) is 0 Å². The van der Waals surface area contributed by atoms with Gasteiger partial charge < -0.3 is 13.3 Å². The van der Waals surface area contributed by atoms with Crippen LogP contribution in [0.3, 0.4) is 0 Å². The van der Waals surface area contributed by atoms with E-state index in [1.165, 1.54) is 0 Å². The molecule has 0 radical (unpaired) electrons. The van der Waals surface area contributed by atoms with Gasteiger partial charge in [-0.1, -0.05) is 39.7 Å². The minimum Gasteiger partial charge on any atom is -0.371 e. The van der Waals surface area contributed by atoms with Gasteiger partial charge in [-0.25, -0.2) is 0 Å². The van der Waals surface area contributed by atoms with Gasteiger partial charge in [0.25, 0.3) is 0 Å². The third-order valence-electron chi connectivity index (χ3n) is 2.51. The largest absolute Gasteiger partial charge is 0.529 e. The van der Waals surface area contributed by atoms with Crippen molar-refractivity contribution < 1.29 is 13.3 Å². The van der Waals surface area contributed by atoms with Gasteiger partial charge >= 0.3 is 8.80 Å². The molecule has 108 valence electrons. The maximum atomic E-state index is 5.97. The summed E-state index contributed by atoms with van der Waals surface area (Å²) in [6, 6.07) is 0. The Morgan fingerprint density at radius 2 is 1.39 bits per heavy atom. The molecule has 0 bridgehead atoms. The average molecular weight is 274 g/mol. The molecule has 0 fully saturated rings. The van der Waals surface area contributed by atoms with E-state index in [1.807, 2.05) is 12.6 Å². The highest BCUT2D eigenvalue weighted by atomic mass is 28.4. The van der Waals surface area contributed by atoms with Crippen molar-refractivity contribution in [3.8, 4) is 0 Å². The second-order valence-corrected chi connectivity index (χ2v) is 6.66. The van der Waals surface area contributed by atoms with Crippen molar-refractivity contribution in [3.05, 3.63) is 11.8 Å². The van der Waals surface area contributed by atoms with Gasteiger partial charge in [0.1, 0.15) is 0 Å². The van der Waals surface area contributed by atoms with E-state index in [2.05, 4.69) is 26.8 Å². The molecular weight excluding hydrogens is 244 g/mol. The molecule has 0 aliphatic rings. The van der Waals surface area contributed by atoms with Crippen LogP contribution in [0.5, 0.6) is 0 Å². The third kappa shape index (κ3) is 8.03. The molecular formula is C14H30O3Si. The van der Waals surface area contributed by atoms with Crippen LogP contribution in [0.25, 0.3) is 0 Å². The van der Waals surface area contributed by atoms with Crippen molar-refractivity contribution in [2.75, 3.05) is 19.8 Å². The minimum atomic E-state index is -2.57. The second kappa shape index (κ2) is 11.9. The second-order valence-electron chi connectivity index (χ2n) is 4.25. The Balaban J connectivity index is 4.50. The number of rotatable bonds is 12. The van der Waals surface area contributed by atoms with Crippen LogP contribution in [-0.2, 0) is 13.3 Å².